The molecule has 1 fully saturated rings. The average molecular weight is 539 g/mol. The molecule has 0 saturated heterocycles. The number of benzene rings is 1. The minimum atomic E-state index is 0.0788. The average Bonchev–Trinajstić information content (AvgIpc) is 3.09. The van der Waals surface area contributed by atoms with Gasteiger partial charge in [0.2, 0.25) is 0 Å². The normalized spacial score (nSPS) is 25.6. The Morgan fingerprint density at radius 3 is 2.78 bits per heavy atom. The number of ketones is 1. The SMILES string of the molecule is CC(CCc1cc(Cl)cc(Cl)c1)C(=O)CCCC1CCCC(/C=C2/N=C\C=C\CC3=C2C=CCC3)CC1. The maximum atomic E-state index is 12.8. The number of rotatable bonds is 9. The van der Waals surface area contributed by atoms with E-state index >= 15 is 0 Å². The van der Waals surface area contributed by atoms with E-state index in [9.17, 15) is 4.79 Å². The van der Waals surface area contributed by atoms with E-state index in [-0.39, 0.29) is 5.92 Å². The highest BCUT2D eigenvalue weighted by atomic mass is 35.5. The van der Waals surface area contributed by atoms with Crippen LogP contribution in [0.2, 0.25) is 10.0 Å². The van der Waals surface area contributed by atoms with Crippen LogP contribution >= 0.6 is 23.2 Å². The Hall–Kier alpha value is -1.90. The Bertz CT molecular complexity index is 1070. The van der Waals surface area contributed by atoms with Gasteiger partial charge in [-0.3, -0.25) is 9.79 Å². The Kier molecular flexibility index (Phi) is 10.9. The van der Waals surface area contributed by atoms with Crippen molar-refractivity contribution in [1.29, 1.82) is 0 Å². The van der Waals surface area contributed by atoms with Crippen LogP contribution < -0.4 is 0 Å². The van der Waals surface area contributed by atoms with Crippen LogP contribution in [0.15, 0.2) is 70.4 Å². The molecule has 3 atom stereocenters. The lowest BCUT2D eigenvalue weighted by atomic mass is 9.89. The fraction of sp³-hybridized carbons (Fsp3) is 0.515. The van der Waals surface area contributed by atoms with Crippen molar-refractivity contribution in [3.63, 3.8) is 0 Å². The maximum absolute atomic E-state index is 12.8. The Labute approximate surface area is 233 Å². The number of halogens is 2. The number of nitrogens with zero attached hydrogens (tertiary/aromatic N) is 1. The van der Waals surface area contributed by atoms with Crippen LogP contribution in [0.4, 0.5) is 0 Å². The van der Waals surface area contributed by atoms with Crippen molar-refractivity contribution < 1.29 is 4.79 Å². The molecule has 1 aromatic rings. The van der Waals surface area contributed by atoms with Gasteiger partial charge in [-0.25, -0.2) is 0 Å². The third-order valence-electron chi connectivity index (χ3n) is 8.25. The number of aryl methyl sites for hydroxylation is 1. The molecule has 0 amide bonds. The quantitative estimate of drug-likeness (QED) is 0.288. The van der Waals surface area contributed by atoms with E-state index in [0.29, 0.717) is 28.2 Å². The van der Waals surface area contributed by atoms with E-state index in [1.165, 1.54) is 55.4 Å². The minimum absolute atomic E-state index is 0.0788. The maximum Gasteiger partial charge on any atom is 0.135 e. The molecule has 2 aliphatic carbocycles. The van der Waals surface area contributed by atoms with Gasteiger partial charge < -0.3 is 0 Å². The number of carbonyl (C=O) groups excluding carboxylic acids is 1. The second-order valence-electron chi connectivity index (χ2n) is 11.1. The summed E-state index contributed by atoms with van der Waals surface area (Å²) in [5, 5.41) is 1.32. The summed E-state index contributed by atoms with van der Waals surface area (Å²) in [5.74, 6) is 1.82. The Balaban J connectivity index is 1.22. The van der Waals surface area contributed by atoms with E-state index in [1.807, 2.05) is 18.3 Å². The monoisotopic (exact) mass is 537 g/mol. The molecule has 198 valence electrons. The lowest BCUT2D eigenvalue weighted by molar-refractivity contribution is -0.122. The van der Waals surface area contributed by atoms with Crippen molar-refractivity contribution in [2.24, 2.45) is 22.7 Å². The second-order valence-corrected chi connectivity index (χ2v) is 12.0. The molecule has 4 rings (SSSR count). The van der Waals surface area contributed by atoms with E-state index in [0.717, 1.165) is 50.0 Å². The molecule has 4 heteroatoms. The first kappa shape index (κ1) is 28.1. The van der Waals surface area contributed by atoms with Crippen molar-refractivity contribution >= 4 is 35.2 Å². The van der Waals surface area contributed by atoms with Gasteiger partial charge in [0, 0.05) is 28.6 Å². The van der Waals surface area contributed by atoms with E-state index in [4.69, 9.17) is 28.2 Å². The molecule has 0 bridgehead atoms. The van der Waals surface area contributed by atoms with Crippen molar-refractivity contribution in [1.82, 2.24) is 0 Å². The number of aliphatic imine (C=N–C) groups is 1. The van der Waals surface area contributed by atoms with E-state index in [2.05, 4.69) is 37.3 Å². The molecule has 0 aromatic heterocycles. The van der Waals surface area contributed by atoms with Gasteiger partial charge in [-0.1, -0.05) is 79.3 Å². The molecule has 2 nitrogen and oxygen atoms in total. The number of hydrogen-bond acceptors (Lipinski definition) is 2. The van der Waals surface area contributed by atoms with Crippen molar-refractivity contribution in [2.75, 3.05) is 0 Å². The molecule has 1 aliphatic heterocycles. The van der Waals surface area contributed by atoms with Crippen molar-refractivity contribution in [2.45, 2.75) is 90.4 Å². The highest BCUT2D eigenvalue weighted by Gasteiger charge is 2.21. The molecular weight excluding hydrogens is 497 g/mol. The zero-order chi connectivity index (χ0) is 26.0. The highest BCUT2D eigenvalue weighted by molar-refractivity contribution is 6.34. The summed E-state index contributed by atoms with van der Waals surface area (Å²) >= 11 is 12.2. The van der Waals surface area contributed by atoms with Crippen LogP contribution in [0.25, 0.3) is 0 Å². The number of carbonyl (C=O) groups is 1. The van der Waals surface area contributed by atoms with Gasteiger partial charge in [0.05, 0.1) is 5.70 Å². The Morgan fingerprint density at radius 2 is 1.95 bits per heavy atom. The summed E-state index contributed by atoms with van der Waals surface area (Å²) < 4.78 is 0. The third-order valence-corrected chi connectivity index (χ3v) is 8.69. The predicted octanol–water partition coefficient (Wildman–Crippen LogP) is 10.1. The second kappa shape index (κ2) is 14.3. The van der Waals surface area contributed by atoms with Crippen LogP contribution in [0.5, 0.6) is 0 Å². The van der Waals surface area contributed by atoms with Gasteiger partial charge in [-0.15, -0.1) is 0 Å². The summed E-state index contributed by atoms with van der Waals surface area (Å²) in [7, 11) is 0. The van der Waals surface area contributed by atoms with Crippen LogP contribution in [0.3, 0.4) is 0 Å². The van der Waals surface area contributed by atoms with E-state index < -0.39 is 0 Å². The lowest BCUT2D eigenvalue weighted by Crippen LogP contribution is -2.12. The van der Waals surface area contributed by atoms with Gasteiger partial charge in [0.15, 0.2) is 0 Å². The van der Waals surface area contributed by atoms with Crippen molar-refractivity contribution in [3.05, 3.63) is 81.0 Å². The lowest BCUT2D eigenvalue weighted by Gasteiger charge is -2.19. The summed E-state index contributed by atoms with van der Waals surface area (Å²) in [6, 6.07) is 5.64. The zero-order valence-electron chi connectivity index (χ0n) is 22.2. The topological polar surface area (TPSA) is 29.4 Å². The third kappa shape index (κ3) is 8.82. The number of hydrogen-bond donors (Lipinski definition) is 0. The van der Waals surface area contributed by atoms with Crippen LogP contribution in [0, 0.1) is 17.8 Å². The van der Waals surface area contributed by atoms with Gasteiger partial charge >= 0.3 is 0 Å². The fourth-order valence-corrected chi connectivity index (χ4v) is 6.55. The van der Waals surface area contributed by atoms with Gasteiger partial charge in [0.1, 0.15) is 5.78 Å². The molecule has 0 N–H and O–H groups in total. The van der Waals surface area contributed by atoms with Gasteiger partial charge in [0.25, 0.3) is 0 Å². The molecule has 0 radical (unpaired) electrons. The predicted molar refractivity (Wildman–Crippen MR) is 159 cm³/mol. The summed E-state index contributed by atoms with van der Waals surface area (Å²) in [5.41, 5.74) is 5.18. The minimum Gasteiger partial charge on any atom is -0.299 e. The summed E-state index contributed by atoms with van der Waals surface area (Å²) in [6.45, 7) is 2.06. The molecule has 1 heterocycles. The molecule has 0 spiro atoms. The molecule has 1 aromatic carbocycles. The molecular formula is C33H41Cl2NO. The molecule has 1 saturated carbocycles. The smallest absolute Gasteiger partial charge is 0.135 e. The molecule has 3 aliphatic rings. The van der Waals surface area contributed by atoms with E-state index in [1.54, 1.807) is 6.07 Å². The fourth-order valence-electron chi connectivity index (χ4n) is 5.98. The molecule has 37 heavy (non-hydrogen) atoms. The number of Topliss-reactive ketones (excluding diaryl/α,β-unsaturated/α-hetero) is 1. The largest absolute Gasteiger partial charge is 0.299 e. The van der Waals surface area contributed by atoms with Crippen LogP contribution in [-0.2, 0) is 11.2 Å². The summed E-state index contributed by atoms with van der Waals surface area (Å²) in [6.07, 6.45) is 27.6. The summed E-state index contributed by atoms with van der Waals surface area (Å²) in [4.78, 5) is 17.6. The highest BCUT2D eigenvalue weighted by Crippen LogP contribution is 2.35. The zero-order valence-corrected chi connectivity index (χ0v) is 23.7. The number of allylic oxidation sites excluding steroid dienone is 6. The molecule has 3 unspecified atom stereocenters. The first-order valence-corrected chi connectivity index (χ1v) is 15.0. The van der Waals surface area contributed by atoms with Gasteiger partial charge in [-0.2, -0.15) is 0 Å². The van der Waals surface area contributed by atoms with Crippen LogP contribution in [-0.4, -0.2) is 12.0 Å². The first-order valence-electron chi connectivity index (χ1n) is 14.3. The Morgan fingerprint density at radius 1 is 1.11 bits per heavy atom. The van der Waals surface area contributed by atoms with Crippen molar-refractivity contribution in [3.8, 4) is 0 Å². The van der Waals surface area contributed by atoms with Crippen LogP contribution in [0.1, 0.15) is 89.5 Å². The van der Waals surface area contributed by atoms with Gasteiger partial charge in [-0.05, 0) is 105 Å². The standard InChI is InChI=1S/C33H41Cl2NO/c1-24(15-16-27-20-29(34)23-30(35)21-27)33(37)14-7-9-25-8-6-10-26(18-17-25)22-32-31-13-3-2-11-28(31)12-4-5-19-36-32/h3-5,13,19-26H,2,6-12,14-18H2,1H3/b5-4+,32-22+,36-19-. The first-order chi connectivity index (χ1) is 18.0.